The highest BCUT2D eigenvalue weighted by Crippen LogP contribution is 2.21. The van der Waals surface area contributed by atoms with Crippen molar-refractivity contribution in [1.82, 2.24) is 14.5 Å². The average molecular weight is 289 g/mol. The molecule has 0 saturated carbocycles. The van der Waals surface area contributed by atoms with Crippen LogP contribution in [-0.2, 0) is 10.0 Å². The fourth-order valence-electron chi connectivity index (χ4n) is 2.96. The van der Waals surface area contributed by atoms with Crippen LogP contribution in [0.2, 0.25) is 0 Å². The van der Waals surface area contributed by atoms with Crippen LogP contribution < -0.4 is 5.32 Å². The molecule has 0 amide bonds. The van der Waals surface area contributed by atoms with Gasteiger partial charge in [-0.05, 0) is 45.3 Å². The number of piperidine rings is 1. The van der Waals surface area contributed by atoms with E-state index < -0.39 is 10.0 Å². The Kier molecular flexibility index (Phi) is 5.22. The Morgan fingerprint density at radius 3 is 2.53 bits per heavy atom. The van der Waals surface area contributed by atoms with E-state index in [1.54, 1.807) is 11.2 Å². The van der Waals surface area contributed by atoms with Crippen LogP contribution in [0.15, 0.2) is 0 Å². The lowest BCUT2D eigenvalue weighted by Gasteiger charge is -2.34. The van der Waals surface area contributed by atoms with E-state index in [-0.39, 0.29) is 5.25 Å². The summed E-state index contributed by atoms with van der Waals surface area (Å²) in [6.07, 6.45) is 2.25. The standard InChI is InChI=1S/C13H27N3O2S/c1-3-15-7-4-13(5-8-15)11-16-9-6-14-10-12(2)19(16,17)18/h12-14H,3-11H2,1-2H3. The van der Waals surface area contributed by atoms with Gasteiger partial charge in [0.1, 0.15) is 0 Å². The maximum Gasteiger partial charge on any atom is 0.218 e. The highest BCUT2D eigenvalue weighted by Gasteiger charge is 2.32. The van der Waals surface area contributed by atoms with Crippen molar-refractivity contribution in [2.75, 3.05) is 45.8 Å². The van der Waals surface area contributed by atoms with Crippen LogP contribution in [0.5, 0.6) is 0 Å². The van der Waals surface area contributed by atoms with Crippen molar-refractivity contribution in [2.24, 2.45) is 5.92 Å². The number of nitrogens with one attached hydrogen (secondary N) is 1. The second kappa shape index (κ2) is 6.52. The van der Waals surface area contributed by atoms with Crippen LogP contribution in [0.1, 0.15) is 26.7 Å². The molecule has 5 nitrogen and oxygen atoms in total. The number of hydrogen-bond acceptors (Lipinski definition) is 4. The van der Waals surface area contributed by atoms with Crippen molar-refractivity contribution < 1.29 is 8.42 Å². The lowest BCUT2D eigenvalue weighted by molar-refractivity contribution is 0.175. The van der Waals surface area contributed by atoms with Gasteiger partial charge in [0.25, 0.3) is 0 Å². The van der Waals surface area contributed by atoms with Crippen LogP contribution in [0.25, 0.3) is 0 Å². The summed E-state index contributed by atoms with van der Waals surface area (Å²) in [6.45, 7) is 10.0. The second-order valence-electron chi connectivity index (χ2n) is 5.80. The van der Waals surface area contributed by atoms with Crippen molar-refractivity contribution in [3.63, 3.8) is 0 Å². The molecule has 2 saturated heterocycles. The van der Waals surface area contributed by atoms with Gasteiger partial charge in [0.15, 0.2) is 0 Å². The van der Waals surface area contributed by atoms with Crippen LogP contribution in [0, 0.1) is 5.92 Å². The Bertz CT molecular complexity index is 377. The van der Waals surface area contributed by atoms with Crippen molar-refractivity contribution in [1.29, 1.82) is 0 Å². The summed E-state index contributed by atoms with van der Waals surface area (Å²) >= 11 is 0. The highest BCUT2D eigenvalue weighted by molar-refractivity contribution is 7.89. The number of likely N-dealkylation sites (tertiary alicyclic amines) is 1. The Labute approximate surface area is 117 Å². The zero-order valence-electron chi connectivity index (χ0n) is 12.1. The molecule has 6 heteroatoms. The monoisotopic (exact) mass is 289 g/mol. The summed E-state index contributed by atoms with van der Waals surface area (Å²) in [5.41, 5.74) is 0. The molecule has 0 aliphatic carbocycles. The Morgan fingerprint density at radius 2 is 1.89 bits per heavy atom. The van der Waals surface area contributed by atoms with E-state index in [0.29, 0.717) is 25.6 Å². The van der Waals surface area contributed by atoms with Gasteiger partial charge in [-0.2, -0.15) is 0 Å². The molecule has 0 aromatic heterocycles. The lowest BCUT2D eigenvalue weighted by atomic mass is 9.97. The van der Waals surface area contributed by atoms with Gasteiger partial charge in [0.05, 0.1) is 5.25 Å². The van der Waals surface area contributed by atoms with Crippen LogP contribution in [0.4, 0.5) is 0 Å². The quantitative estimate of drug-likeness (QED) is 0.814. The maximum absolute atomic E-state index is 12.4. The second-order valence-corrected chi connectivity index (χ2v) is 8.15. The molecule has 0 aromatic carbocycles. The zero-order chi connectivity index (χ0) is 13.9. The fourth-order valence-corrected chi connectivity index (χ4v) is 4.57. The highest BCUT2D eigenvalue weighted by atomic mass is 32.2. The van der Waals surface area contributed by atoms with Gasteiger partial charge in [-0.1, -0.05) is 6.92 Å². The average Bonchev–Trinajstić information content (AvgIpc) is 2.53. The summed E-state index contributed by atoms with van der Waals surface area (Å²) in [5.74, 6) is 0.530. The number of sulfonamides is 1. The normalized spacial score (nSPS) is 31.2. The summed E-state index contributed by atoms with van der Waals surface area (Å²) < 4.78 is 26.5. The molecule has 0 bridgehead atoms. The predicted octanol–water partition coefficient (Wildman–Crippen LogP) is 0.342. The van der Waals surface area contributed by atoms with Gasteiger partial charge in [0, 0.05) is 26.2 Å². The first-order valence-corrected chi connectivity index (χ1v) is 8.96. The Balaban J connectivity index is 1.94. The van der Waals surface area contributed by atoms with Crippen LogP contribution in [0.3, 0.4) is 0 Å². The number of hydrogen-bond donors (Lipinski definition) is 1. The van der Waals surface area contributed by atoms with E-state index in [1.807, 2.05) is 0 Å². The molecule has 2 heterocycles. The molecule has 2 rings (SSSR count). The first kappa shape index (κ1) is 15.2. The molecule has 0 aromatic rings. The van der Waals surface area contributed by atoms with Crippen LogP contribution in [-0.4, -0.2) is 68.7 Å². The molecule has 0 spiro atoms. The minimum Gasteiger partial charge on any atom is -0.314 e. The van der Waals surface area contributed by atoms with Gasteiger partial charge in [-0.3, -0.25) is 0 Å². The molecule has 19 heavy (non-hydrogen) atoms. The minimum absolute atomic E-state index is 0.300. The zero-order valence-corrected chi connectivity index (χ0v) is 13.0. The van der Waals surface area contributed by atoms with Gasteiger partial charge in [0.2, 0.25) is 10.0 Å². The van der Waals surface area contributed by atoms with Gasteiger partial charge >= 0.3 is 0 Å². The van der Waals surface area contributed by atoms with E-state index >= 15 is 0 Å². The molecular formula is C13H27N3O2S. The van der Waals surface area contributed by atoms with E-state index in [0.717, 1.165) is 39.0 Å². The van der Waals surface area contributed by atoms with Crippen molar-refractivity contribution in [2.45, 2.75) is 31.9 Å². The first-order chi connectivity index (χ1) is 9.04. The SMILES string of the molecule is CCN1CCC(CN2CCNCC(C)S2(=O)=O)CC1. The van der Waals surface area contributed by atoms with Crippen molar-refractivity contribution in [3.8, 4) is 0 Å². The lowest BCUT2D eigenvalue weighted by Crippen LogP contribution is -2.43. The van der Waals surface area contributed by atoms with E-state index in [4.69, 9.17) is 0 Å². The molecule has 2 aliphatic rings. The molecule has 112 valence electrons. The molecule has 2 aliphatic heterocycles. The van der Waals surface area contributed by atoms with E-state index in [1.165, 1.54) is 0 Å². The summed E-state index contributed by atoms with van der Waals surface area (Å²) in [6, 6.07) is 0. The predicted molar refractivity (Wildman–Crippen MR) is 77.7 cm³/mol. The van der Waals surface area contributed by atoms with Gasteiger partial charge in [-0.25, -0.2) is 12.7 Å². The van der Waals surface area contributed by atoms with Gasteiger partial charge < -0.3 is 10.2 Å². The Morgan fingerprint density at radius 1 is 1.21 bits per heavy atom. The number of nitrogens with zero attached hydrogens (tertiary/aromatic N) is 2. The first-order valence-electron chi connectivity index (χ1n) is 7.46. The summed E-state index contributed by atoms with van der Waals surface area (Å²) in [5, 5.41) is 2.91. The largest absolute Gasteiger partial charge is 0.314 e. The van der Waals surface area contributed by atoms with Gasteiger partial charge in [-0.15, -0.1) is 0 Å². The minimum atomic E-state index is -3.10. The maximum atomic E-state index is 12.4. The fraction of sp³-hybridized carbons (Fsp3) is 1.00. The summed E-state index contributed by atoms with van der Waals surface area (Å²) in [4.78, 5) is 2.44. The molecule has 2 fully saturated rings. The molecule has 0 radical (unpaired) electrons. The van der Waals surface area contributed by atoms with E-state index in [9.17, 15) is 8.42 Å². The summed E-state index contributed by atoms with van der Waals surface area (Å²) in [7, 11) is -3.10. The topological polar surface area (TPSA) is 52.6 Å². The molecule has 1 N–H and O–H groups in total. The third kappa shape index (κ3) is 3.68. The molecule has 1 atom stereocenters. The van der Waals surface area contributed by atoms with E-state index in [2.05, 4.69) is 17.1 Å². The van der Waals surface area contributed by atoms with Crippen LogP contribution >= 0.6 is 0 Å². The smallest absolute Gasteiger partial charge is 0.218 e. The molecular weight excluding hydrogens is 262 g/mol. The number of rotatable bonds is 3. The Hall–Kier alpha value is -0.170. The third-order valence-corrected chi connectivity index (χ3v) is 6.69. The molecule has 1 unspecified atom stereocenters. The third-order valence-electron chi connectivity index (χ3n) is 4.45. The van der Waals surface area contributed by atoms with Crippen molar-refractivity contribution >= 4 is 10.0 Å². The van der Waals surface area contributed by atoms with Crippen molar-refractivity contribution in [3.05, 3.63) is 0 Å².